The van der Waals surface area contributed by atoms with E-state index in [4.69, 9.17) is 51.9 Å². The number of phosphoric ester groups is 6. The Bertz CT molecular complexity index is 2910. The van der Waals surface area contributed by atoms with Gasteiger partial charge in [0.1, 0.15) is 6.10 Å². The van der Waals surface area contributed by atoms with Gasteiger partial charge in [-0.2, -0.15) is 0 Å². The summed E-state index contributed by atoms with van der Waals surface area (Å²) in [5.41, 5.74) is 6.30. The first-order valence-corrected chi connectivity index (χ1v) is 30.3. The number of rotatable bonds is 34. The van der Waals surface area contributed by atoms with E-state index in [9.17, 15) is 51.8 Å². The van der Waals surface area contributed by atoms with E-state index in [0.717, 1.165) is 50.4 Å². The van der Waals surface area contributed by atoms with Crippen LogP contribution < -0.4 is 5.73 Å². The van der Waals surface area contributed by atoms with Gasteiger partial charge in [-0.3, -0.25) is 59.1 Å². The molecule has 0 bridgehead atoms. The van der Waals surface area contributed by atoms with Crippen LogP contribution in [0.5, 0.6) is 0 Å². The van der Waals surface area contributed by atoms with E-state index in [1.165, 1.54) is 4.90 Å². The van der Waals surface area contributed by atoms with Crippen LogP contribution in [0.1, 0.15) is 15.9 Å². The zero-order valence-electron chi connectivity index (χ0n) is 38.0. The monoisotopic (exact) mass is 1140 g/mol. The molecule has 0 fully saturated rings. The first-order valence-electron chi connectivity index (χ1n) is 21.3. The number of ether oxygens (including phenoxy) is 1. The number of amides is 1. The van der Waals surface area contributed by atoms with E-state index >= 15 is 0 Å². The van der Waals surface area contributed by atoms with Crippen molar-refractivity contribution in [2.45, 2.75) is 12.6 Å². The average molecular weight is 1140 g/mol. The average Bonchev–Trinajstić information content (AvgIpc) is 3.32. The maximum atomic E-state index is 14.4. The molecule has 1 aliphatic rings. The molecule has 6 atom stereocenters. The highest BCUT2D eigenvalue weighted by Gasteiger charge is 2.37. The highest BCUT2D eigenvalue weighted by Crippen LogP contribution is 2.53. The molecule has 34 heteroatoms. The van der Waals surface area contributed by atoms with Gasteiger partial charge in [0.25, 0.3) is 5.91 Å². The van der Waals surface area contributed by atoms with Crippen molar-refractivity contribution in [3.8, 4) is 0 Å². The molecule has 0 saturated carbocycles. The fourth-order valence-corrected chi connectivity index (χ4v) is 11.5. The Morgan fingerprint density at radius 3 is 1.50 bits per heavy atom. The summed E-state index contributed by atoms with van der Waals surface area (Å²) in [5, 5.41) is 7.55. The minimum atomic E-state index is -5.14. The Hall–Kier alpha value is -2.55. The molecule has 6 unspecified atom stereocenters. The summed E-state index contributed by atoms with van der Waals surface area (Å²) < 4.78 is 137. The Morgan fingerprint density at radius 2 is 1.00 bits per heavy atom. The van der Waals surface area contributed by atoms with E-state index < -0.39 is 125 Å². The molecule has 5 aromatic carbocycles. The molecule has 1 amide bonds. The standard InChI is InChI=1S/C38H52N2O26P6/c1-54-72(53,64-23-22-62-69(47,48)58-17-16-56-67(42,43)44)66-29(26-65-71(51,52)63-21-20-61-70(49,50)60-19-18-59-68(45,46)57-15-14-55-13-12-39)25-40-24-28-8-9-32-30-6-2-4-27-5-3-7-31(35(27)30)33-10-11-34(38(40)41)36(28)37(32)33/h2-11,29H,12-26,39H2,1H3,(H,45,46)(H,47,48)(H,49,50)(H,51,52)(H2,42,43,44). The molecule has 0 spiro atoms. The van der Waals surface area contributed by atoms with Crippen molar-refractivity contribution >= 4 is 95.9 Å². The number of phosphoric acid groups is 6. The molecule has 6 rings (SSSR count). The molecule has 0 aromatic heterocycles. The molecule has 0 aliphatic carbocycles. The SMILES string of the molecule is COP(=O)(OCCOP(=O)(O)OCCOP(=O)(O)O)OC(COP(=O)(O)OCCOP(=O)(O)OCCOP(=O)(O)OCCOCCN)CN1Cc2ccc3c4cccc5cccc(c6ccc(c2c36)C1=O)c54. The summed E-state index contributed by atoms with van der Waals surface area (Å²) in [6.45, 7) is -7.70. The van der Waals surface area contributed by atoms with Crippen LogP contribution in [0.4, 0.5) is 0 Å². The van der Waals surface area contributed by atoms with Crippen LogP contribution in [0.2, 0.25) is 0 Å². The first kappa shape index (κ1) is 58.7. The lowest BCUT2D eigenvalue weighted by atomic mass is 9.85. The van der Waals surface area contributed by atoms with Crippen LogP contribution in [0, 0.1) is 0 Å². The summed E-state index contributed by atoms with van der Waals surface area (Å²) in [4.78, 5) is 73.3. The normalized spacial score (nSPS) is 18.1. The second kappa shape index (κ2) is 25.5. The Kier molecular flexibility index (Phi) is 20.8. The Balaban J connectivity index is 1.10. The van der Waals surface area contributed by atoms with E-state index in [0.29, 0.717) is 10.9 Å². The van der Waals surface area contributed by atoms with Crippen molar-refractivity contribution in [3.63, 3.8) is 0 Å². The van der Waals surface area contributed by atoms with E-state index in [1.54, 1.807) is 6.07 Å². The summed E-state index contributed by atoms with van der Waals surface area (Å²) in [6.07, 6.45) is -1.63. The van der Waals surface area contributed by atoms with Crippen LogP contribution in [0.15, 0.2) is 60.7 Å². The smallest absolute Gasteiger partial charge is 0.378 e. The van der Waals surface area contributed by atoms with Gasteiger partial charge in [0.2, 0.25) is 0 Å². The van der Waals surface area contributed by atoms with Gasteiger partial charge in [0.05, 0.1) is 85.8 Å². The third-order valence-electron chi connectivity index (χ3n) is 10.1. The fraction of sp³-hybridized carbons (Fsp3) is 0.447. The molecule has 1 aliphatic heterocycles. The van der Waals surface area contributed by atoms with Gasteiger partial charge in [0.15, 0.2) is 0 Å². The predicted molar refractivity (Wildman–Crippen MR) is 253 cm³/mol. The van der Waals surface area contributed by atoms with Crippen LogP contribution in [0.3, 0.4) is 0 Å². The van der Waals surface area contributed by atoms with Crippen molar-refractivity contribution in [2.24, 2.45) is 5.73 Å². The number of nitrogens with two attached hydrogens (primary N) is 1. The number of fused-ring (bicyclic) bond motifs is 2. The van der Waals surface area contributed by atoms with Crippen LogP contribution in [0.25, 0.3) is 43.1 Å². The summed E-state index contributed by atoms with van der Waals surface area (Å²) in [7, 11) is -28.2. The summed E-state index contributed by atoms with van der Waals surface area (Å²) in [6, 6.07) is 19.4. The molecule has 400 valence electrons. The van der Waals surface area contributed by atoms with Crippen molar-refractivity contribution in [1.82, 2.24) is 4.90 Å². The second-order valence-electron chi connectivity index (χ2n) is 15.0. The molecule has 28 nitrogen and oxygen atoms in total. The van der Waals surface area contributed by atoms with Gasteiger partial charge in [-0.1, -0.05) is 54.6 Å². The fourth-order valence-electron chi connectivity index (χ4n) is 7.33. The Morgan fingerprint density at radius 1 is 0.542 bits per heavy atom. The van der Waals surface area contributed by atoms with Gasteiger partial charge < -0.3 is 44.7 Å². The van der Waals surface area contributed by atoms with Crippen LogP contribution in [-0.4, -0.2) is 146 Å². The third-order valence-corrected chi connectivity index (χ3v) is 16.1. The Labute approximate surface area is 410 Å². The lowest BCUT2D eigenvalue weighted by molar-refractivity contribution is 0.0204. The molecule has 1 heterocycles. The zero-order chi connectivity index (χ0) is 52.4. The van der Waals surface area contributed by atoms with Gasteiger partial charge in [-0.15, -0.1) is 0 Å². The van der Waals surface area contributed by atoms with E-state index in [2.05, 4.69) is 22.6 Å². The second-order valence-corrected chi connectivity index (χ2v) is 23.8. The highest BCUT2D eigenvalue weighted by molar-refractivity contribution is 7.49. The molecular formula is C38H52N2O26P6. The van der Waals surface area contributed by atoms with Gasteiger partial charge in [-0.05, 0) is 49.3 Å². The largest absolute Gasteiger partial charge is 0.475 e. The van der Waals surface area contributed by atoms with Gasteiger partial charge >= 0.3 is 46.9 Å². The van der Waals surface area contributed by atoms with E-state index in [1.807, 2.05) is 54.6 Å². The number of carbonyl (C=O) groups excluding carboxylic acids is 1. The molecule has 72 heavy (non-hydrogen) atoms. The van der Waals surface area contributed by atoms with Crippen molar-refractivity contribution < 1.29 is 121 Å². The quantitative estimate of drug-likeness (QED) is 0.0116. The first-order chi connectivity index (χ1) is 33.9. The van der Waals surface area contributed by atoms with E-state index in [-0.39, 0.29) is 32.9 Å². The number of hydrogen-bond acceptors (Lipinski definition) is 21. The lowest BCUT2D eigenvalue weighted by Crippen LogP contribution is -2.41. The summed E-state index contributed by atoms with van der Waals surface area (Å²) >= 11 is 0. The third kappa shape index (κ3) is 16.7. The molecule has 0 saturated heterocycles. The minimum absolute atomic E-state index is 0.0348. The van der Waals surface area contributed by atoms with Crippen molar-refractivity contribution in [1.29, 1.82) is 0 Å². The summed E-state index contributed by atoms with van der Waals surface area (Å²) in [5.74, 6) is -0.506. The van der Waals surface area contributed by atoms with Crippen LogP contribution >= 0.6 is 46.9 Å². The molecule has 0 radical (unpaired) electrons. The highest BCUT2D eigenvalue weighted by atomic mass is 31.2. The molecule has 8 N–H and O–H groups in total. The maximum Gasteiger partial charge on any atom is 0.475 e. The topological polar surface area (TPSA) is 390 Å². The number of nitrogens with zero attached hydrogens (tertiary/aromatic N) is 1. The number of carbonyl (C=O) groups is 1. The molecular weight excluding hydrogens is 1090 g/mol. The zero-order valence-corrected chi connectivity index (χ0v) is 43.4. The minimum Gasteiger partial charge on any atom is -0.378 e. The van der Waals surface area contributed by atoms with Crippen molar-refractivity contribution in [3.05, 3.63) is 71.8 Å². The molecule has 5 aromatic rings. The number of hydrogen-bond donors (Lipinski definition) is 7. The van der Waals surface area contributed by atoms with Crippen molar-refractivity contribution in [2.75, 3.05) is 99.5 Å². The predicted octanol–water partition coefficient (Wildman–Crippen LogP) is 5.47. The lowest BCUT2D eigenvalue weighted by Gasteiger charge is -2.33. The van der Waals surface area contributed by atoms with Crippen LogP contribution in [-0.2, 0) is 93.0 Å². The van der Waals surface area contributed by atoms with Gasteiger partial charge in [-0.25, -0.2) is 27.4 Å². The van der Waals surface area contributed by atoms with Gasteiger partial charge in [0, 0.05) is 31.1 Å². The number of benzene rings is 5. The maximum absolute atomic E-state index is 14.4.